The van der Waals surface area contributed by atoms with Gasteiger partial charge >= 0.3 is 0 Å². The number of hydrogen-bond donors (Lipinski definition) is 3. The van der Waals surface area contributed by atoms with Crippen LogP contribution < -0.4 is 16.4 Å². The van der Waals surface area contributed by atoms with E-state index in [1.54, 1.807) is 0 Å². The first-order valence-electron chi connectivity index (χ1n) is 5.97. The topological polar surface area (TPSA) is 50.1 Å². The minimum atomic E-state index is 0. The molecule has 110 valence electrons. The maximum absolute atomic E-state index is 5.41. The summed E-state index contributed by atoms with van der Waals surface area (Å²) in [4.78, 5) is 0. The molecule has 0 aliphatic heterocycles. The van der Waals surface area contributed by atoms with Crippen LogP contribution in [-0.4, -0.2) is 33.2 Å². The maximum atomic E-state index is 5.41. The fourth-order valence-corrected chi connectivity index (χ4v) is 1.42. The molecule has 3 nitrogen and oxygen atoms in total. The van der Waals surface area contributed by atoms with Gasteiger partial charge in [0.05, 0.1) is 0 Å². The second-order valence-electron chi connectivity index (χ2n) is 3.76. The van der Waals surface area contributed by atoms with E-state index in [4.69, 9.17) is 5.73 Å². The van der Waals surface area contributed by atoms with Gasteiger partial charge in [-0.2, -0.15) is 0 Å². The van der Waals surface area contributed by atoms with Gasteiger partial charge in [0.25, 0.3) is 0 Å². The number of halogens is 3. The minimum absolute atomic E-state index is 0. The second kappa shape index (κ2) is 24.8. The van der Waals surface area contributed by atoms with Crippen molar-refractivity contribution in [2.45, 2.75) is 38.5 Å². The Morgan fingerprint density at radius 2 is 1.18 bits per heavy atom. The van der Waals surface area contributed by atoms with E-state index in [0.717, 1.165) is 19.6 Å². The highest BCUT2D eigenvalue weighted by atomic mass is 19.0. The molecule has 0 aromatic carbocycles. The lowest BCUT2D eigenvalue weighted by molar-refractivity contribution is 0.565. The summed E-state index contributed by atoms with van der Waals surface area (Å²) in [5.41, 5.74) is 5.41. The van der Waals surface area contributed by atoms with Crippen LogP contribution in [0.4, 0.5) is 14.1 Å². The standard InChI is InChI=1S/C11H27N3.3FH/c1-13-9-5-3-7-11-14-10-6-2-4-8-12;;;/h13-14H,2-12H2,1H3;3*1H. The lowest BCUT2D eigenvalue weighted by Crippen LogP contribution is -2.17. The quantitative estimate of drug-likeness (QED) is 0.495. The summed E-state index contributed by atoms with van der Waals surface area (Å²) < 4.78 is 0. The summed E-state index contributed by atoms with van der Waals surface area (Å²) in [5.74, 6) is 0. The fraction of sp³-hybridized carbons (Fsp3) is 1.00. The molecular formula is C11H30F3N3. The largest absolute Gasteiger partial charge is 0.330 e. The molecule has 0 aliphatic rings. The lowest BCUT2D eigenvalue weighted by atomic mass is 10.2. The van der Waals surface area contributed by atoms with E-state index in [0.29, 0.717) is 0 Å². The molecule has 0 radical (unpaired) electrons. The van der Waals surface area contributed by atoms with Crippen LogP contribution in [0.25, 0.3) is 0 Å². The molecule has 0 heterocycles. The van der Waals surface area contributed by atoms with Gasteiger partial charge in [-0.15, -0.1) is 0 Å². The van der Waals surface area contributed by atoms with Crippen molar-refractivity contribution in [3.8, 4) is 0 Å². The van der Waals surface area contributed by atoms with E-state index >= 15 is 0 Å². The van der Waals surface area contributed by atoms with Gasteiger partial charge < -0.3 is 16.4 Å². The monoisotopic (exact) mass is 261 g/mol. The SMILES string of the molecule is CNCCCCCNCCCCCN.F.F.F. The number of unbranched alkanes of at least 4 members (excludes halogenated alkanes) is 4. The van der Waals surface area contributed by atoms with E-state index in [2.05, 4.69) is 10.6 Å². The molecule has 0 unspecified atom stereocenters. The highest BCUT2D eigenvalue weighted by Gasteiger charge is 1.90. The Balaban J connectivity index is -0.000000282. The normalized spacial score (nSPS) is 8.82. The van der Waals surface area contributed by atoms with Crippen molar-refractivity contribution < 1.29 is 14.1 Å². The smallest absolute Gasteiger partial charge is 0.00489 e. The molecule has 4 N–H and O–H groups in total. The van der Waals surface area contributed by atoms with Gasteiger partial charge in [-0.3, -0.25) is 14.1 Å². The minimum Gasteiger partial charge on any atom is -0.330 e. The van der Waals surface area contributed by atoms with Crippen molar-refractivity contribution in [1.29, 1.82) is 0 Å². The van der Waals surface area contributed by atoms with Crippen LogP contribution in [0.1, 0.15) is 38.5 Å². The zero-order valence-corrected chi connectivity index (χ0v) is 10.9. The van der Waals surface area contributed by atoms with Gasteiger partial charge in [0, 0.05) is 0 Å². The Morgan fingerprint density at radius 3 is 1.65 bits per heavy atom. The zero-order valence-electron chi connectivity index (χ0n) is 10.9. The van der Waals surface area contributed by atoms with Gasteiger partial charge in [0.15, 0.2) is 0 Å². The molecule has 0 bridgehead atoms. The molecule has 0 saturated heterocycles. The van der Waals surface area contributed by atoms with Gasteiger partial charge in [-0.05, 0) is 58.9 Å². The number of rotatable bonds is 11. The summed E-state index contributed by atoms with van der Waals surface area (Å²) in [6, 6.07) is 0. The van der Waals surface area contributed by atoms with Crippen molar-refractivity contribution >= 4 is 0 Å². The van der Waals surface area contributed by atoms with Crippen LogP contribution in [0.2, 0.25) is 0 Å². The predicted molar refractivity (Wildman–Crippen MR) is 71.1 cm³/mol. The zero-order chi connectivity index (χ0) is 10.5. The Bertz CT molecular complexity index is 96.0. The first kappa shape index (κ1) is 25.5. The third-order valence-electron chi connectivity index (χ3n) is 2.34. The van der Waals surface area contributed by atoms with Gasteiger partial charge in [0.2, 0.25) is 0 Å². The molecule has 0 atom stereocenters. The number of hydrogen-bond acceptors (Lipinski definition) is 3. The van der Waals surface area contributed by atoms with E-state index < -0.39 is 0 Å². The molecule has 6 heteroatoms. The van der Waals surface area contributed by atoms with E-state index in [1.807, 2.05) is 7.05 Å². The van der Waals surface area contributed by atoms with Crippen molar-refractivity contribution in [3.05, 3.63) is 0 Å². The molecule has 0 spiro atoms. The summed E-state index contributed by atoms with van der Waals surface area (Å²) in [5, 5.41) is 6.62. The molecule has 0 amide bonds. The van der Waals surface area contributed by atoms with Crippen LogP contribution in [-0.2, 0) is 0 Å². The molecule has 0 rings (SSSR count). The van der Waals surface area contributed by atoms with Crippen LogP contribution in [0, 0.1) is 0 Å². The van der Waals surface area contributed by atoms with E-state index in [1.165, 1.54) is 45.1 Å². The van der Waals surface area contributed by atoms with Crippen LogP contribution >= 0.6 is 0 Å². The average molecular weight is 261 g/mol. The summed E-state index contributed by atoms with van der Waals surface area (Å²) in [6.45, 7) is 4.32. The number of nitrogens with two attached hydrogens (primary N) is 1. The lowest BCUT2D eigenvalue weighted by Gasteiger charge is -2.04. The summed E-state index contributed by atoms with van der Waals surface area (Å²) in [6.07, 6.45) is 7.64. The highest BCUT2D eigenvalue weighted by molar-refractivity contribution is 4.51. The molecule has 17 heavy (non-hydrogen) atoms. The third kappa shape index (κ3) is 25.7. The molecule has 0 aromatic rings. The third-order valence-corrected chi connectivity index (χ3v) is 2.34. The van der Waals surface area contributed by atoms with Gasteiger partial charge in [-0.1, -0.05) is 12.8 Å². The maximum Gasteiger partial charge on any atom is -0.00489 e. The molecule has 0 aliphatic carbocycles. The predicted octanol–water partition coefficient (Wildman–Crippen LogP) is 1.55. The first-order chi connectivity index (χ1) is 6.91. The van der Waals surface area contributed by atoms with Gasteiger partial charge in [-0.25, -0.2) is 0 Å². The highest BCUT2D eigenvalue weighted by Crippen LogP contribution is 1.93. The van der Waals surface area contributed by atoms with Crippen molar-refractivity contribution in [3.63, 3.8) is 0 Å². The average Bonchev–Trinajstić information content (AvgIpc) is 2.21. The van der Waals surface area contributed by atoms with Crippen molar-refractivity contribution in [2.24, 2.45) is 5.73 Å². The molecule has 0 fully saturated rings. The second-order valence-corrected chi connectivity index (χ2v) is 3.76. The summed E-state index contributed by atoms with van der Waals surface area (Å²) in [7, 11) is 2.01. The van der Waals surface area contributed by atoms with Crippen molar-refractivity contribution in [1.82, 2.24) is 10.6 Å². The van der Waals surface area contributed by atoms with Crippen LogP contribution in [0.15, 0.2) is 0 Å². The van der Waals surface area contributed by atoms with Crippen LogP contribution in [0.3, 0.4) is 0 Å². The van der Waals surface area contributed by atoms with Crippen LogP contribution in [0.5, 0.6) is 0 Å². The van der Waals surface area contributed by atoms with E-state index in [9.17, 15) is 0 Å². The Hall–Kier alpha value is -0.330. The Kier molecular flexibility index (Phi) is 37.1. The molecule has 0 saturated carbocycles. The van der Waals surface area contributed by atoms with Gasteiger partial charge in [0.1, 0.15) is 0 Å². The fourth-order valence-electron chi connectivity index (χ4n) is 1.42. The summed E-state index contributed by atoms with van der Waals surface area (Å²) >= 11 is 0. The molecule has 0 aromatic heterocycles. The van der Waals surface area contributed by atoms with Crippen molar-refractivity contribution in [2.75, 3.05) is 33.2 Å². The number of nitrogens with one attached hydrogen (secondary N) is 2. The first-order valence-corrected chi connectivity index (χ1v) is 5.97. The Labute approximate surface area is 103 Å². The molecular weight excluding hydrogens is 231 g/mol. The van der Waals surface area contributed by atoms with E-state index in [-0.39, 0.29) is 14.1 Å². The Morgan fingerprint density at radius 1 is 0.706 bits per heavy atom.